The zero-order chi connectivity index (χ0) is 20.6. The fraction of sp³-hybridized carbons (Fsp3) is 0.182. The summed E-state index contributed by atoms with van der Waals surface area (Å²) in [5.41, 5.74) is 4.80. The summed E-state index contributed by atoms with van der Waals surface area (Å²) in [7, 11) is 0. The van der Waals surface area contributed by atoms with Crippen LogP contribution in [-0.4, -0.2) is 18.7 Å². The first kappa shape index (κ1) is 21.4. The molecule has 0 saturated heterocycles. The van der Waals surface area contributed by atoms with Crippen molar-refractivity contribution in [1.82, 2.24) is 5.43 Å². The minimum atomic E-state index is -0.298. The maximum atomic E-state index is 12.0. The monoisotopic (exact) mass is 444 g/mol. The molecule has 7 heteroatoms. The van der Waals surface area contributed by atoms with Gasteiger partial charge in [-0.1, -0.05) is 36.4 Å². The van der Waals surface area contributed by atoms with Crippen LogP contribution in [0, 0.1) is 6.92 Å². The van der Waals surface area contributed by atoms with Crippen LogP contribution in [0.3, 0.4) is 0 Å². The Morgan fingerprint density at radius 2 is 2.00 bits per heavy atom. The number of carbonyl (C=O) groups is 1. The Hall–Kier alpha value is -2.28. The Kier molecular flexibility index (Phi) is 7.75. The highest BCUT2D eigenvalue weighted by molar-refractivity contribution is 8.01. The molecule has 0 unspecified atom stereocenters. The number of hydrazone groups is 1. The molecule has 3 aromatic rings. The van der Waals surface area contributed by atoms with Gasteiger partial charge in [0.05, 0.1) is 10.4 Å². The third kappa shape index (κ3) is 6.92. The molecule has 1 aromatic heterocycles. The normalized spacial score (nSPS) is 11.0. The molecule has 1 amide bonds. The number of hydrogen-bond donors (Lipinski definition) is 1. The van der Waals surface area contributed by atoms with Gasteiger partial charge < -0.3 is 4.74 Å². The number of ether oxygens (including phenoxy) is 1. The van der Waals surface area contributed by atoms with Gasteiger partial charge in [0.25, 0.3) is 5.91 Å². The van der Waals surface area contributed by atoms with Crippen molar-refractivity contribution in [3.63, 3.8) is 0 Å². The fourth-order valence-corrected chi connectivity index (χ4v) is 4.66. The molecule has 29 heavy (non-hydrogen) atoms. The lowest BCUT2D eigenvalue weighted by atomic mass is 10.1. The van der Waals surface area contributed by atoms with Crippen LogP contribution in [0.2, 0.25) is 5.02 Å². The molecule has 0 aliphatic heterocycles. The summed E-state index contributed by atoms with van der Waals surface area (Å²) in [5, 5.41) is 4.74. The Morgan fingerprint density at radius 3 is 2.76 bits per heavy atom. The second-order valence-electron chi connectivity index (χ2n) is 6.30. The molecule has 0 aliphatic rings. The van der Waals surface area contributed by atoms with Crippen molar-refractivity contribution in [3.05, 3.63) is 75.6 Å². The molecule has 0 fully saturated rings. The van der Waals surface area contributed by atoms with Gasteiger partial charge in [-0.05, 0) is 73.0 Å². The molecule has 0 saturated carbocycles. The van der Waals surface area contributed by atoms with E-state index in [-0.39, 0.29) is 12.5 Å². The summed E-state index contributed by atoms with van der Waals surface area (Å²) < 4.78 is 6.71. The molecular weight excluding hydrogens is 424 g/mol. The summed E-state index contributed by atoms with van der Waals surface area (Å²) in [6.45, 7) is 4.02. The molecule has 4 nitrogen and oxygen atoms in total. The average Bonchev–Trinajstić information content (AvgIpc) is 3.15. The number of thiophene rings is 1. The number of aryl methyl sites for hydroxylation is 2. The predicted octanol–water partition coefficient (Wildman–Crippen LogP) is 5.95. The second kappa shape index (κ2) is 10.5. The zero-order valence-electron chi connectivity index (χ0n) is 16.1. The maximum Gasteiger partial charge on any atom is 0.277 e. The van der Waals surface area contributed by atoms with Gasteiger partial charge in [-0.2, -0.15) is 5.10 Å². The highest BCUT2D eigenvalue weighted by atomic mass is 35.5. The van der Waals surface area contributed by atoms with Crippen LogP contribution < -0.4 is 10.2 Å². The molecule has 1 heterocycles. The van der Waals surface area contributed by atoms with Crippen molar-refractivity contribution >= 4 is 46.8 Å². The lowest BCUT2D eigenvalue weighted by Crippen LogP contribution is -2.24. The molecule has 150 valence electrons. The van der Waals surface area contributed by atoms with Gasteiger partial charge in [0, 0.05) is 14.8 Å². The van der Waals surface area contributed by atoms with E-state index in [9.17, 15) is 4.79 Å². The van der Waals surface area contributed by atoms with Crippen LogP contribution in [0.1, 0.15) is 22.9 Å². The van der Waals surface area contributed by atoms with Crippen molar-refractivity contribution in [2.45, 2.75) is 29.4 Å². The fourth-order valence-electron chi connectivity index (χ4n) is 2.54. The highest BCUT2D eigenvalue weighted by Gasteiger charge is 2.04. The van der Waals surface area contributed by atoms with Crippen molar-refractivity contribution in [2.24, 2.45) is 5.10 Å². The highest BCUT2D eigenvalue weighted by Crippen LogP contribution is 2.33. The van der Waals surface area contributed by atoms with Crippen LogP contribution in [0.5, 0.6) is 5.75 Å². The lowest BCUT2D eigenvalue weighted by Gasteiger charge is -2.08. The summed E-state index contributed by atoms with van der Waals surface area (Å²) in [5.74, 6) is 0.399. The van der Waals surface area contributed by atoms with Crippen molar-refractivity contribution in [1.29, 1.82) is 0 Å². The third-order valence-corrected chi connectivity index (χ3v) is 6.32. The van der Waals surface area contributed by atoms with Gasteiger partial charge in [0.15, 0.2) is 6.61 Å². The first-order chi connectivity index (χ1) is 14.0. The number of amides is 1. The maximum absolute atomic E-state index is 12.0. The number of benzene rings is 2. The topological polar surface area (TPSA) is 50.7 Å². The van der Waals surface area contributed by atoms with Gasteiger partial charge in [-0.25, -0.2) is 5.43 Å². The molecular formula is C22H21ClN2O2S2. The summed E-state index contributed by atoms with van der Waals surface area (Å²) >= 11 is 9.17. The van der Waals surface area contributed by atoms with Crippen molar-refractivity contribution in [3.8, 4) is 5.75 Å². The van der Waals surface area contributed by atoms with Crippen LogP contribution in [0.4, 0.5) is 0 Å². The van der Waals surface area contributed by atoms with E-state index < -0.39 is 0 Å². The van der Waals surface area contributed by atoms with Crippen molar-refractivity contribution in [2.75, 3.05) is 6.61 Å². The molecule has 0 bridgehead atoms. The summed E-state index contributed by atoms with van der Waals surface area (Å²) in [6, 6.07) is 17.7. The van der Waals surface area contributed by atoms with E-state index in [1.165, 1.54) is 5.56 Å². The van der Waals surface area contributed by atoms with Gasteiger partial charge in [0.1, 0.15) is 5.75 Å². The number of hydrogen-bond acceptors (Lipinski definition) is 5. The van der Waals surface area contributed by atoms with Gasteiger partial charge >= 0.3 is 0 Å². The minimum absolute atomic E-state index is 0.0773. The van der Waals surface area contributed by atoms with E-state index in [1.807, 2.05) is 55.5 Å². The lowest BCUT2D eigenvalue weighted by molar-refractivity contribution is -0.123. The standard InChI is InChI=1S/C22H21ClN2O2S2/c1-3-16-10-15(2)11-18(12-16)27-14-21(26)25-24-13-20-8-9-22(29-20)28-19-6-4-17(23)5-7-19/h4-13H,3,14H2,1-2H3,(H,25,26)/b24-13+. The number of rotatable bonds is 8. The molecule has 0 radical (unpaired) electrons. The summed E-state index contributed by atoms with van der Waals surface area (Å²) in [6.07, 6.45) is 2.56. The van der Waals surface area contributed by atoms with Crippen LogP contribution in [-0.2, 0) is 11.2 Å². The average molecular weight is 445 g/mol. The molecule has 0 atom stereocenters. The predicted molar refractivity (Wildman–Crippen MR) is 122 cm³/mol. The first-order valence-electron chi connectivity index (χ1n) is 9.10. The molecule has 0 spiro atoms. The molecule has 3 rings (SSSR count). The number of nitrogens with one attached hydrogen (secondary N) is 1. The third-order valence-electron chi connectivity index (χ3n) is 3.90. The van der Waals surface area contributed by atoms with E-state index in [0.717, 1.165) is 31.0 Å². The molecule has 0 aliphatic carbocycles. The second-order valence-corrected chi connectivity index (χ2v) is 9.23. The van der Waals surface area contributed by atoms with E-state index in [4.69, 9.17) is 16.3 Å². The van der Waals surface area contributed by atoms with E-state index in [0.29, 0.717) is 5.75 Å². The zero-order valence-corrected chi connectivity index (χ0v) is 18.5. The van der Waals surface area contributed by atoms with E-state index in [2.05, 4.69) is 23.5 Å². The van der Waals surface area contributed by atoms with Gasteiger partial charge in [0.2, 0.25) is 0 Å². The van der Waals surface area contributed by atoms with Gasteiger partial charge in [-0.3, -0.25) is 4.79 Å². The minimum Gasteiger partial charge on any atom is -0.484 e. The largest absolute Gasteiger partial charge is 0.484 e. The Bertz CT molecular complexity index is 1000. The van der Waals surface area contributed by atoms with Crippen LogP contribution in [0.25, 0.3) is 0 Å². The number of carbonyl (C=O) groups excluding carboxylic acids is 1. The van der Waals surface area contributed by atoms with E-state index in [1.54, 1.807) is 29.3 Å². The molecule has 2 aromatic carbocycles. The number of nitrogens with zero attached hydrogens (tertiary/aromatic N) is 1. The Labute approximate surface area is 183 Å². The Morgan fingerprint density at radius 1 is 1.21 bits per heavy atom. The van der Waals surface area contributed by atoms with Crippen LogP contribution in [0.15, 0.2) is 68.8 Å². The van der Waals surface area contributed by atoms with Crippen LogP contribution >= 0.6 is 34.7 Å². The summed E-state index contributed by atoms with van der Waals surface area (Å²) in [4.78, 5) is 14.0. The first-order valence-corrected chi connectivity index (χ1v) is 11.1. The van der Waals surface area contributed by atoms with Gasteiger partial charge in [-0.15, -0.1) is 11.3 Å². The van der Waals surface area contributed by atoms with E-state index >= 15 is 0 Å². The SMILES string of the molecule is CCc1cc(C)cc(OCC(=O)N/N=C/c2ccc(Sc3ccc(Cl)cc3)s2)c1. The van der Waals surface area contributed by atoms with Crippen molar-refractivity contribution < 1.29 is 9.53 Å². The smallest absolute Gasteiger partial charge is 0.277 e. The Balaban J connectivity index is 1.47. The number of halogens is 1. The molecule has 1 N–H and O–H groups in total. The quantitative estimate of drug-likeness (QED) is 0.345.